The van der Waals surface area contributed by atoms with E-state index >= 15 is 0 Å². The normalized spacial score (nSPS) is 11.5. The number of carboxylic acid groups (broad SMARTS) is 1. The Hall–Kier alpha value is -0.920. The molecule has 0 amide bonds. The Morgan fingerprint density at radius 2 is 2.20 bits per heavy atom. The van der Waals surface area contributed by atoms with Crippen LogP contribution in [0.4, 0.5) is 0 Å². The summed E-state index contributed by atoms with van der Waals surface area (Å²) in [6.45, 7) is 2.20. The summed E-state index contributed by atoms with van der Waals surface area (Å²) in [4.78, 5) is 10.6. The van der Waals surface area contributed by atoms with E-state index in [0.717, 1.165) is 11.3 Å². The number of thiophene rings is 1. The van der Waals surface area contributed by atoms with Gasteiger partial charge >= 0.3 is 5.97 Å². The SMILES string of the molecule is CCCNS(=O)(=O)c1ccc(C(=O)O)s1. The molecule has 5 nitrogen and oxygen atoms in total. The quantitative estimate of drug-likeness (QED) is 0.819. The molecule has 0 aliphatic rings. The maximum absolute atomic E-state index is 11.5. The molecule has 0 unspecified atom stereocenters. The van der Waals surface area contributed by atoms with E-state index in [2.05, 4.69) is 4.72 Å². The fourth-order valence-corrected chi connectivity index (χ4v) is 3.21. The molecule has 1 rings (SSSR count). The van der Waals surface area contributed by atoms with Gasteiger partial charge in [-0.05, 0) is 18.6 Å². The summed E-state index contributed by atoms with van der Waals surface area (Å²) in [6.07, 6.45) is 0.691. The van der Waals surface area contributed by atoms with Gasteiger partial charge in [0.05, 0.1) is 0 Å². The van der Waals surface area contributed by atoms with Gasteiger partial charge in [0, 0.05) is 6.54 Å². The summed E-state index contributed by atoms with van der Waals surface area (Å²) >= 11 is 0.748. The zero-order valence-corrected chi connectivity index (χ0v) is 9.69. The summed E-state index contributed by atoms with van der Waals surface area (Å²) in [6, 6.07) is 2.58. The highest BCUT2D eigenvalue weighted by molar-refractivity contribution is 7.91. The van der Waals surface area contributed by atoms with Crippen LogP contribution in [0, 0.1) is 0 Å². The first kappa shape index (κ1) is 12.2. The first-order valence-corrected chi connectivity index (χ1v) is 6.60. The van der Waals surface area contributed by atoms with Crippen LogP contribution < -0.4 is 4.72 Å². The maximum atomic E-state index is 11.5. The Kier molecular flexibility index (Phi) is 3.83. The minimum atomic E-state index is -3.53. The van der Waals surface area contributed by atoms with Crippen LogP contribution >= 0.6 is 11.3 Å². The number of carbonyl (C=O) groups is 1. The first-order valence-electron chi connectivity index (χ1n) is 4.30. The van der Waals surface area contributed by atoms with Crippen LogP contribution in [0.15, 0.2) is 16.3 Å². The van der Waals surface area contributed by atoms with Gasteiger partial charge in [-0.2, -0.15) is 0 Å². The summed E-state index contributed by atoms with van der Waals surface area (Å²) in [5, 5.41) is 8.64. The average molecular weight is 249 g/mol. The third-order valence-electron chi connectivity index (χ3n) is 1.60. The van der Waals surface area contributed by atoms with Crippen molar-refractivity contribution in [3.63, 3.8) is 0 Å². The van der Waals surface area contributed by atoms with Crippen molar-refractivity contribution in [1.29, 1.82) is 0 Å². The maximum Gasteiger partial charge on any atom is 0.345 e. The molecule has 2 N–H and O–H groups in total. The number of nitrogens with one attached hydrogen (secondary N) is 1. The molecule has 0 saturated carbocycles. The van der Waals surface area contributed by atoms with Gasteiger partial charge in [-0.25, -0.2) is 17.9 Å². The van der Waals surface area contributed by atoms with E-state index in [1.807, 2.05) is 6.92 Å². The van der Waals surface area contributed by atoms with Crippen LogP contribution in [-0.4, -0.2) is 26.0 Å². The van der Waals surface area contributed by atoms with Crippen molar-refractivity contribution in [2.24, 2.45) is 0 Å². The van der Waals surface area contributed by atoms with Gasteiger partial charge in [-0.15, -0.1) is 11.3 Å². The summed E-state index contributed by atoms with van der Waals surface area (Å²) in [5.41, 5.74) is 0. The monoisotopic (exact) mass is 249 g/mol. The summed E-state index contributed by atoms with van der Waals surface area (Å²) < 4.78 is 25.5. The Labute approximate surface area is 91.8 Å². The van der Waals surface area contributed by atoms with Gasteiger partial charge in [0.15, 0.2) is 0 Å². The van der Waals surface area contributed by atoms with Crippen LogP contribution in [-0.2, 0) is 10.0 Å². The Bertz CT molecular complexity index is 449. The van der Waals surface area contributed by atoms with Crippen molar-refractivity contribution in [1.82, 2.24) is 4.72 Å². The largest absolute Gasteiger partial charge is 0.477 e. The molecular weight excluding hydrogens is 238 g/mol. The number of aromatic carboxylic acids is 1. The molecule has 0 aliphatic heterocycles. The van der Waals surface area contributed by atoms with Crippen molar-refractivity contribution < 1.29 is 18.3 Å². The number of carboxylic acids is 1. The lowest BCUT2D eigenvalue weighted by atomic mass is 10.5. The third kappa shape index (κ3) is 3.01. The van der Waals surface area contributed by atoms with E-state index in [1.165, 1.54) is 12.1 Å². The minimum absolute atomic E-state index is 0.0203. The molecule has 0 spiro atoms. The van der Waals surface area contributed by atoms with Crippen LogP contribution in [0.3, 0.4) is 0 Å². The molecule has 0 radical (unpaired) electrons. The van der Waals surface area contributed by atoms with E-state index in [9.17, 15) is 13.2 Å². The predicted molar refractivity (Wildman–Crippen MR) is 56.8 cm³/mol. The van der Waals surface area contributed by atoms with Crippen LogP contribution in [0.5, 0.6) is 0 Å². The van der Waals surface area contributed by atoms with Crippen molar-refractivity contribution in [3.8, 4) is 0 Å². The summed E-state index contributed by atoms with van der Waals surface area (Å²) in [5.74, 6) is -1.11. The van der Waals surface area contributed by atoms with Crippen LogP contribution in [0.2, 0.25) is 0 Å². The first-order chi connectivity index (χ1) is 6.97. The number of hydrogen-bond acceptors (Lipinski definition) is 4. The van der Waals surface area contributed by atoms with E-state index in [1.54, 1.807) is 0 Å². The second-order valence-electron chi connectivity index (χ2n) is 2.82. The molecule has 84 valence electrons. The van der Waals surface area contributed by atoms with Gasteiger partial charge < -0.3 is 5.11 Å². The van der Waals surface area contributed by atoms with Gasteiger partial charge in [-0.3, -0.25) is 0 Å². The van der Waals surface area contributed by atoms with Crippen molar-refractivity contribution in [2.45, 2.75) is 17.6 Å². The second kappa shape index (κ2) is 4.73. The number of sulfonamides is 1. The standard InChI is InChI=1S/C8H11NO4S2/c1-2-5-9-15(12,13)7-4-3-6(14-7)8(10)11/h3-4,9H,2,5H2,1H3,(H,10,11). The van der Waals surface area contributed by atoms with E-state index in [4.69, 9.17) is 5.11 Å². The van der Waals surface area contributed by atoms with Gasteiger partial charge in [0.2, 0.25) is 10.0 Å². The van der Waals surface area contributed by atoms with Crippen LogP contribution in [0.1, 0.15) is 23.0 Å². The number of rotatable bonds is 5. The van der Waals surface area contributed by atoms with Crippen molar-refractivity contribution in [3.05, 3.63) is 17.0 Å². The smallest absolute Gasteiger partial charge is 0.345 e. The fourth-order valence-electron chi connectivity index (χ4n) is 0.887. The van der Waals surface area contributed by atoms with Gasteiger partial charge in [0.25, 0.3) is 0 Å². The van der Waals surface area contributed by atoms with Crippen molar-refractivity contribution in [2.75, 3.05) is 6.54 Å². The zero-order chi connectivity index (χ0) is 11.5. The molecule has 0 atom stereocenters. The van der Waals surface area contributed by atoms with Gasteiger partial charge in [0.1, 0.15) is 9.09 Å². The third-order valence-corrected chi connectivity index (χ3v) is 4.63. The Balaban J connectivity index is 2.91. The van der Waals surface area contributed by atoms with E-state index in [0.29, 0.717) is 13.0 Å². The molecule has 0 aromatic carbocycles. The molecule has 15 heavy (non-hydrogen) atoms. The van der Waals surface area contributed by atoms with E-state index < -0.39 is 16.0 Å². The molecule has 0 fully saturated rings. The lowest BCUT2D eigenvalue weighted by molar-refractivity contribution is 0.0702. The van der Waals surface area contributed by atoms with Crippen molar-refractivity contribution >= 4 is 27.3 Å². The Morgan fingerprint density at radius 3 is 2.67 bits per heavy atom. The molecule has 0 saturated heterocycles. The lowest BCUT2D eigenvalue weighted by Crippen LogP contribution is -2.23. The fraction of sp³-hybridized carbons (Fsp3) is 0.375. The molecule has 1 aromatic rings. The van der Waals surface area contributed by atoms with Crippen LogP contribution in [0.25, 0.3) is 0 Å². The highest BCUT2D eigenvalue weighted by Gasteiger charge is 2.17. The lowest BCUT2D eigenvalue weighted by Gasteiger charge is -2.01. The molecule has 0 bridgehead atoms. The highest BCUT2D eigenvalue weighted by atomic mass is 32.2. The molecular formula is C8H11NO4S2. The molecule has 1 aromatic heterocycles. The minimum Gasteiger partial charge on any atom is -0.477 e. The molecule has 7 heteroatoms. The average Bonchev–Trinajstić information content (AvgIpc) is 2.64. The molecule has 0 aliphatic carbocycles. The summed E-state index contributed by atoms with van der Waals surface area (Å²) in [7, 11) is -3.53. The van der Waals surface area contributed by atoms with E-state index in [-0.39, 0.29) is 9.09 Å². The molecule has 1 heterocycles. The second-order valence-corrected chi connectivity index (χ2v) is 5.90. The highest BCUT2D eigenvalue weighted by Crippen LogP contribution is 2.21. The zero-order valence-electron chi connectivity index (χ0n) is 8.06. The predicted octanol–water partition coefficient (Wildman–Crippen LogP) is 1.13. The Morgan fingerprint density at radius 1 is 1.53 bits per heavy atom. The topological polar surface area (TPSA) is 83.5 Å². The van der Waals surface area contributed by atoms with Gasteiger partial charge in [-0.1, -0.05) is 6.92 Å². The number of hydrogen-bond donors (Lipinski definition) is 2.